The minimum Gasteiger partial charge on any atom is -0.456 e. The molecule has 6 rings (SSSR count). The predicted molar refractivity (Wildman–Crippen MR) is 175 cm³/mol. The molecule has 0 atom stereocenters. The summed E-state index contributed by atoms with van der Waals surface area (Å²) in [7, 11) is 1.67. The van der Waals surface area contributed by atoms with Gasteiger partial charge in [0.2, 0.25) is 0 Å². The van der Waals surface area contributed by atoms with Crippen LogP contribution in [0, 0.1) is 13.8 Å². The van der Waals surface area contributed by atoms with Crippen LogP contribution in [0.3, 0.4) is 0 Å². The third kappa shape index (κ3) is 5.59. The lowest BCUT2D eigenvalue weighted by molar-refractivity contribution is 0.0951. The third-order valence-corrected chi connectivity index (χ3v) is 7.79. The predicted octanol–water partition coefficient (Wildman–Crippen LogP) is 6.85. The van der Waals surface area contributed by atoms with E-state index in [4.69, 9.17) is 9.84 Å². The van der Waals surface area contributed by atoms with E-state index in [1.54, 1.807) is 36.4 Å². The molecular formula is C35H35FN6O3. The minimum atomic E-state index is -1.55. The number of carbonyl (C=O) groups excluding carboxylic acids is 1. The molecule has 1 amide bonds. The number of fused-ring (bicyclic) bond motifs is 2. The third-order valence-electron chi connectivity index (χ3n) is 7.79. The molecule has 4 aromatic heterocycles. The van der Waals surface area contributed by atoms with E-state index >= 15 is 4.39 Å². The summed E-state index contributed by atoms with van der Waals surface area (Å²) in [5.41, 5.74) is 4.18. The first-order valence-corrected chi connectivity index (χ1v) is 14.8. The van der Waals surface area contributed by atoms with E-state index in [1.807, 2.05) is 63.2 Å². The summed E-state index contributed by atoms with van der Waals surface area (Å²) < 4.78 is 25.1. The van der Waals surface area contributed by atoms with Gasteiger partial charge >= 0.3 is 0 Å². The highest BCUT2D eigenvalue weighted by molar-refractivity contribution is 6.05. The number of aromatic amines is 1. The Morgan fingerprint density at radius 2 is 1.76 bits per heavy atom. The standard InChI is InChI=1S/C35H35FN6O3/c1-7-38-33(43)27-15-24-26(18-41(6)34(44)31(24)39-27)23-16-28-25(17-29(23)45-32-20(2)9-8-10-21(32)3)30(22-11-13-37-14-12-22)40-42(28)19-35(4,5)36/h8-18,39H,7,19H2,1-6H3,(H,38,43). The Labute approximate surface area is 259 Å². The van der Waals surface area contributed by atoms with E-state index in [2.05, 4.69) is 15.3 Å². The highest BCUT2D eigenvalue weighted by Gasteiger charge is 2.25. The Hall–Kier alpha value is -5.25. The number of aromatic nitrogens is 5. The average molecular weight is 607 g/mol. The molecule has 0 fully saturated rings. The largest absolute Gasteiger partial charge is 0.456 e. The first kappa shape index (κ1) is 29.8. The number of hydrogen-bond donors (Lipinski definition) is 2. The fourth-order valence-electron chi connectivity index (χ4n) is 5.69. The van der Waals surface area contributed by atoms with Gasteiger partial charge in [0.15, 0.2) is 0 Å². The van der Waals surface area contributed by atoms with Gasteiger partial charge in [-0.3, -0.25) is 19.3 Å². The number of para-hydroxylation sites is 1. The highest BCUT2D eigenvalue weighted by Crippen LogP contribution is 2.43. The fourth-order valence-corrected chi connectivity index (χ4v) is 5.69. The molecule has 10 heteroatoms. The Morgan fingerprint density at radius 3 is 2.42 bits per heavy atom. The molecule has 0 aliphatic carbocycles. The number of H-pyrrole nitrogens is 1. The molecule has 0 unspecified atom stereocenters. The summed E-state index contributed by atoms with van der Waals surface area (Å²) in [6.07, 6.45) is 5.13. The second-order valence-electron chi connectivity index (χ2n) is 11.9. The fraction of sp³-hybridized carbons (Fsp3) is 0.257. The van der Waals surface area contributed by atoms with Crippen LogP contribution in [0.25, 0.3) is 44.2 Å². The average Bonchev–Trinajstić information content (AvgIpc) is 3.59. The Balaban J connectivity index is 1.70. The minimum absolute atomic E-state index is 0.0132. The van der Waals surface area contributed by atoms with Crippen molar-refractivity contribution in [3.63, 3.8) is 0 Å². The summed E-state index contributed by atoms with van der Waals surface area (Å²) in [6.45, 7) is 9.30. The normalized spacial score (nSPS) is 11.8. The molecule has 2 aromatic carbocycles. The van der Waals surface area contributed by atoms with Crippen LogP contribution < -0.4 is 15.6 Å². The molecule has 230 valence electrons. The SMILES string of the molecule is CCNC(=O)c1cc2c(-c3cc4c(cc3Oc3c(C)cccc3C)c(-c3ccncc3)nn4CC(C)(C)F)cn(C)c(=O)c2[nH]1. The molecule has 0 aliphatic heterocycles. The Kier molecular flexibility index (Phi) is 7.52. The number of pyridine rings is 2. The van der Waals surface area contributed by atoms with Crippen molar-refractivity contribution in [3.8, 4) is 33.9 Å². The number of hydrogen-bond acceptors (Lipinski definition) is 5. The number of alkyl halides is 1. The van der Waals surface area contributed by atoms with Gasteiger partial charge in [-0.15, -0.1) is 0 Å². The van der Waals surface area contributed by atoms with Gasteiger partial charge < -0.3 is 19.6 Å². The van der Waals surface area contributed by atoms with Gasteiger partial charge in [-0.2, -0.15) is 5.10 Å². The van der Waals surface area contributed by atoms with Gasteiger partial charge in [-0.25, -0.2) is 4.39 Å². The van der Waals surface area contributed by atoms with Crippen molar-refractivity contribution in [1.29, 1.82) is 0 Å². The number of halogens is 1. The molecule has 0 radical (unpaired) electrons. The van der Waals surface area contributed by atoms with Crippen LogP contribution in [0.1, 0.15) is 42.4 Å². The zero-order valence-corrected chi connectivity index (χ0v) is 26.2. The molecule has 0 spiro atoms. The first-order chi connectivity index (χ1) is 21.4. The van der Waals surface area contributed by atoms with Crippen molar-refractivity contribution < 1.29 is 13.9 Å². The van der Waals surface area contributed by atoms with Crippen LogP contribution in [0.4, 0.5) is 4.39 Å². The van der Waals surface area contributed by atoms with E-state index in [0.717, 1.165) is 22.1 Å². The quantitative estimate of drug-likeness (QED) is 0.197. The number of benzene rings is 2. The van der Waals surface area contributed by atoms with Gasteiger partial charge in [-0.05, 0) is 76.1 Å². The molecular weight excluding hydrogens is 571 g/mol. The van der Waals surface area contributed by atoms with Crippen molar-refractivity contribution in [3.05, 3.63) is 94.3 Å². The maximum Gasteiger partial charge on any atom is 0.274 e. The number of nitrogens with zero attached hydrogens (tertiary/aromatic N) is 4. The molecule has 0 saturated carbocycles. The molecule has 0 saturated heterocycles. The second kappa shape index (κ2) is 11.4. The molecule has 2 N–H and O–H groups in total. The number of amides is 1. The lowest BCUT2D eigenvalue weighted by atomic mass is 9.99. The van der Waals surface area contributed by atoms with Crippen LogP contribution in [-0.2, 0) is 13.6 Å². The first-order valence-electron chi connectivity index (χ1n) is 14.8. The van der Waals surface area contributed by atoms with Crippen molar-refractivity contribution in [2.75, 3.05) is 6.54 Å². The number of carbonyl (C=O) groups is 1. The topological polar surface area (TPSA) is 107 Å². The maximum absolute atomic E-state index is 15.2. The van der Waals surface area contributed by atoms with Crippen molar-refractivity contribution >= 4 is 27.7 Å². The number of rotatable bonds is 8. The molecule has 4 heterocycles. The van der Waals surface area contributed by atoms with Crippen molar-refractivity contribution in [1.82, 2.24) is 29.6 Å². The van der Waals surface area contributed by atoms with E-state index in [1.165, 1.54) is 18.4 Å². The van der Waals surface area contributed by atoms with Crippen LogP contribution in [0.15, 0.2) is 71.9 Å². The summed E-state index contributed by atoms with van der Waals surface area (Å²) in [5, 5.41) is 9.01. The monoisotopic (exact) mass is 606 g/mol. The van der Waals surface area contributed by atoms with Gasteiger partial charge in [0.05, 0.1) is 12.1 Å². The summed E-state index contributed by atoms with van der Waals surface area (Å²) in [6, 6.07) is 15.2. The Bertz CT molecular complexity index is 2120. The number of ether oxygens (including phenoxy) is 1. The van der Waals surface area contributed by atoms with E-state index in [-0.39, 0.29) is 23.7 Å². The lowest BCUT2D eigenvalue weighted by Crippen LogP contribution is -2.23. The van der Waals surface area contributed by atoms with Crippen molar-refractivity contribution in [2.45, 2.75) is 46.8 Å². The second-order valence-corrected chi connectivity index (χ2v) is 11.9. The number of aryl methyl sites for hydroxylation is 3. The van der Waals surface area contributed by atoms with Crippen LogP contribution in [-0.4, -0.2) is 42.4 Å². The zero-order chi connectivity index (χ0) is 32.0. The Morgan fingerprint density at radius 1 is 1.04 bits per heavy atom. The molecule has 0 bridgehead atoms. The van der Waals surface area contributed by atoms with Gasteiger partial charge in [0.1, 0.15) is 34.1 Å². The maximum atomic E-state index is 15.2. The molecule has 9 nitrogen and oxygen atoms in total. The summed E-state index contributed by atoms with van der Waals surface area (Å²) >= 11 is 0. The van der Waals surface area contributed by atoms with Crippen LogP contribution in [0.5, 0.6) is 11.5 Å². The lowest BCUT2D eigenvalue weighted by Gasteiger charge is -2.18. The van der Waals surface area contributed by atoms with E-state index < -0.39 is 5.67 Å². The van der Waals surface area contributed by atoms with Crippen molar-refractivity contribution in [2.24, 2.45) is 7.05 Å². The van der Waals surface area contributed by atoms with E-state index in [9.17, 15) is 9.59 Å². The summed E-state index contributed by atoms with van der Waals surface area (Å²) in [4.78, 5) is 33.3. The van der Waals surface area contributed by atoms with Gasteiger partial charge in [0, 0.05) is 59.6 Å². The summed E-state index contributed by atoms with van der Waals surface area (Å²) in [5.74, 6) is 0.920. The molecule has 0 aliphatic rings. The molecule has 45 heavy (non-hydrogen) atoms. The van der Waals surface area contributed by atoms with E-state index in [0.29, 0.717) is 51.3 Å². The molecule has 6 aromatic rings. The highest BCUT2D eigenvalue weighted by atomic mass is 19.1. The van der Waals surface area contributed by atoms with Gasteiger partial charge in [0.25, 0.3) is 11.5 Å². The number of nitrogens with one attached hydrogen (secondary N) is 2. The smallest absolute Gasteiger partial charge is 0.274 e. The van der Waals surface area contributed by atoms with Crippen LogP contribution >= 0.6 is 0 Å². The van der Waals surface area contributed by atoms with Crippen LogP contribution in [0.2, 0.25) is 0 Å². The zero-order valence-electron chi connectivity index (χ0n) is 26.2. The van der Waals surface area contributed by atoms with Gasteiger partial charge in [-0.1, -0.05) is 18.2 Å².